The lowest BCUT2D eigenvalue weighted by Gasteiger charge is -2.16. The molecule has 2 aromatic heterocycles. The molecule has 0 aliphatic rings. The van der Waals surface area contributed by atoms with Gasteiger partial charge in [0.25, 0.3) is 0 Å². The van der Waals surface area contributed by atoms with Crippen molar-refractivity contribution < 1.29 is 4.79 Å². The molecule has 0 aliphatic carbocycles. The van der Waals surface area contributed by atoms with Crippen molar-refractivity contribution in [3.63, 3.8) is 0 Å². The Morgan fingerprint density at radius 2 is 1.88 bits per heavy atom. The first-order valence-corrected chi connectivity index (χ1v) is 9.35. The highest BCUT2D eigenvalue weighted by molar-refractivity contribution is 6.02. The van der Waals surface area contributed by atoms with Crippen LogP contribution in [0.1, 0.15) is 39.5 Å². The molecule has 0 saturated heterocycles. The van der Waals surface area contributed by atoms with Gasteiger partial charge in [-0.3, -0.25) is 9.78 Å². The van der Waals surface area contributed by atoms with Gasteiger partial charge in [0, 0.05) is 17.5 Å². The minimum absolute atomic E-state index is 0.0222. The molecule has 2 heterocycles. The SMILES string of the molecule is CCCCC(CC)C(=O)Nc1nc(-c2ccccn2)cc2ccccc12. The molecule has 1 atom stereocenters. The van der Waals surface area contributed by atoms with Gasteiger partial charge >= 0.3 is 0 Å². The van der Waals surface area contributed by atoms with E-state index in [0.717, 1.165) is 47.8 Å². The zero-order valence-electron chi connectivity index (χ0n) is 15.4. The Kier molecular flexibility index (Phi) is 5.95. The fraction of sp³-hybridized carbons (Fsp3) is 0.318. The van der Waals surface area contributed by atoms with Crippen LogP contribution in [0.15, 0.2) is 54.7 Å². The van der Waals surface area contributed by atoms with Gasteiger partial charge in [-0.05, 0) is 36.4 Å². The number of nitrogens with zero attached hydrogens (tertiary/aromatic N) is 2. The first-order chi connectivity index (χ1) is 12.7. The summed E-state index contributed by atoms with van der Waals surface area (Å²) in [5.74, 6) is 0.689. The molecule has 1 aromatic carbocycles. The molecule has 0 bridgehead atoms. The quantitative estimate of drug-likeness (QED) is 0.618. The Labute approximate surface area is 154 Å². The molecule has 1 amide bonds. The minimum Gasteiger partial charge on any atom is -0.310 e. The van der Waals surface area contributed by atoms with Gasteiger partial charge in [-0.15, -0.1) is 0 Å². The monoisotopic (exact) mass is 347 g/mol. The lowest BCUT2D eigenvalue weighted by Crippen LogP contribution is -2.23. The number of anilines is 1. The molecule has 0 aliphatic heterocycles. The van der Waals surface area contributed by atoms with Crippen LogP contribution in [-0.2, 0) is 4.79 Å². The summed E-state index contributed by atoms with van der Waals surface area (Å²) < 4.78 is 0. The number of hydrogen-bond donors (Lipinski definition) is 1. The van der Waals surface area contributed by atoms with Crippen molar-refractivity contribution in [2.75, 3.05) is 5.32 Å². The van der Waals surface area contributed by atoms with E-state index in [9.17, 15) is 4.79 Å². The summed E-state index contributed by atoms with van der Waals surface area (Å²) in [5.41, 5.74) is 1.56. The van der Waals surface area contributed by atoms with E-state index in [-0.39, 0.29) is 11.8 Å². The summed E-state index contributed by atoms with van der Waals surface area (Å²) in [6.07, 6.45) is 5.66. The second kappa shape index (κ2) is 8.56. The number of amides is 1. The average Bonchev–Trinajstić information content (AvgIpc) is 2.69. The number of fused-ring (bicyclic) bond motifs is 1. The van der Waals surface area contributed by atoms with E-state index in [1.807, 2.05) is 48.5 Å². The highest BCUT2D eigenvalue weighted by Gasteiger charge is 2.18. The average molecular weight is 347 g/mol. The van der Waals surface area contributed by atoms with Gasteiger partial charge in [0.2, 0.25) is 5.91 Å². The third-order valence-corrected chi connectivity index (χ3v) is 4.68. The lowest BCUT2D eigenvalue weighted by atomic mass is 9.98. The van der Waals surface area contributed by atoms with Gasteiger partial charge < -0.3 is 5.32 Å². The van der Waals surface area contributed by atoms with E-state index >= 15 is 0 Å². The van der Waals surface area contributed by atoms with Crippen LogP contribution >= 0.6 is 0 Å². The van der Waals surface area contributed by atoms with Crippen LogP contribution in [0.3, 0.4) is 0 Å². The maximum absolute atomic E-state index is 12.8. The van der Waals surface area contributed by atoms with Gasteiger partial charge in [0.15, 0.2) is 0 Å². The Balaban J connectivity index is 1.97. The molecule has 26 heavy (non-hydrogen) atoms. The Morgan fingerprint density at radius 3 is 2.62 bits per heavy atom. The summed E-state index contributed by atoms with van der Waals surface area (Å²) in [6, 6.07) is 15.8. The van der Waals surface area contributed by atoms with Gasteiger partial charge in [-0.2, -0.15) is 0 Å². The van der Waals surface area contributed by atoms with E-state index in [2.05, 4.69) is 24.1 Å². The molecule has 1 unspecified atom stereocenters. The van der Waals surface area contributed by atoms with Crippen LogP contribution in [0.2, 0.25) is 0 Å². The van der Waals surface area contributed by atoms with Crippen LogP contribution in [0.25, 0.3) is 22.2 Å². The van der Waals surface area contributed by atoms with E-state index in [4.69, 9.17) is 4.98 Å². The van der Waals surface area contributed by atoms with Crippen LogP contribution in [-0.4, -0.2) is 15.9 Å². The fourth-order valence-electron chi connectivity index (χ4n) is 3.13. The number of carbonyl (C=O) groups excluding carboxylic acids is 1. The van der Waals surface area contributed by atoms with Crippen molar-refractivity contribution in [3.8, 4) is 11.4 Å². The molecule has 3 aromatic rings. The molecular weight excluding hydrogens is 322 g/mol. The van der Waals surface area contributed by atoms with Gasteiger partial charge in [-0.1, -0.05) is 57.0 Å². The van der Waals surface area contributed by atoms with Gasteiger partial charge in [-0.25, -0.2) is 4.98 Å². The molecular formula is C22H25N3O. The van der Waals surface area contributed by atoms with E-state index in [1.54, 1.807) is 6.20 Å². The number of hydrogen-bond acceptors (Lipinski definition) is 3. The molecule has 134 valence electrons. The van der Waals surface area contributed by atoms with E-state index < -0.39 is 0 Å². The highest BCUT2D eigenvalue weighted by atomic mass is 16.1. The van der Waals surface area contributed by atoms with Gasteiger partial charge in [0.05, 0.1) is 11.4 Å². The van der Waals surface area contributed by atoms with Crippen molar-refractivity contribution >= 4 is 22.5 Å². The van der Waals surface area contributed by atoms with E-state index in [0.29, 0.717) is 5.82 Å². The summed E-state index contributed by atoms with van der Waals surface area (Å²) in [4.78, 5) is 21.9. The zero-order chi connectivity index (χ0) is 18.4. The molecule has 0 fully saturated rings. The molecule has 0 spiro atoms. The topological polar surface area (TPSA) is 54.9 Å². The largest absolute Gasteiger partial charge is 0.310 e. The smallest absolute Gasteiger partial charge is 0.228 e. The first kappa shape index (κ1) is 18.1. The predicted octanol–water partition coefficient (Wildman–Crippen LogP) is 5.45. The summed E-state index contributed by atoms with van der Waals surface area (Å²) in [7, 11) is 0. The zero-order valence-corrected chi connectivity index (χ0v) is 15.4. The first-order valence-electron chi connectivity index (χ1n) is 9.35. The highest BCUT2D eigenvalue weighted by Crippen LogP contribution is 2.27. The maximum Gasteiger partial charge on any atom is 0.228 e. The second-order valence-electron chi connectivity index (χ2n) is 6.53. The number of pyridine rings is 2. The lowest BCUT2D eigenvalue weighted by molar-refractivity contribution is -0.120. The Bertz CT molecular complexity index is 877. The molecule has 1 N–H and O–H groups in total. The minimum atomic E-state index is 0.0222. The summed E-state index contributed by atoms with van der Waals surface area (Å²) >= 11 is 0. The van der Waals surface area contributed by atoms with Gasteiger partial charge in [0.1, 0.15) is 5.82 Å². The van der Waals surface area contributed by atoms with Crippen LogP contribution in [0.5, 0.6) is 0 Å². The number of nitrogens with one attached hydrogen (secondary N) is 1. The molecule has 3 rings (SSSR count). The van der Waals surface area contributed by atoms with Crippen LogP contribution in [0.4, 0.5) is 5.82 Å². The number of unbranched alkanes of at least 4 members (excludes halogenated alkanes) is 1. The van der Waals surface area contributed by atoms with Crippen molar-refractivity contribution in [2.45, 2.75) is 39.5 Å². The van der Waals surface area contributed by atoms with Crippen molar-refractivity contribution in [1.29, 1.82) is 0 Å². The molecule has 4 heteroatoms. The van der Waals surface area contributed by atoms with Crippen LogP contribution in [0, 0.1) is 5.92 Å². The number of carbonyl (C=O) groups is 1. The molecule has 0 radical (unpaired) electrons. The predicted molar refractivity (Wildman–Crippen MR) is 107 cm³/mol. The summed E-state index contributed by atoms with van der Waals surface area (Å²) in [6.45, 7) is 4.21. The van der Waals surface area contributed by atoms with Crippen molar-refractivity contribution in [1.82, 2.24) is 9.97 Å². The van der Waals surface area contributed by atoms with Crippen LogP contribution < -0.4 is 5.32 Å². The fourth-order valence-corrected chi connectivity index (χ4v) is 3.13. The van der Waals surface area contributed by atoms with E-state index in [1.165, 1.54) is 0 Å². The molecule has 0 saturated carbocycles. The Morgan fingerprint density at radius 1 is 1.08 bits per heavy atom. The standard InChI is InChI=1S/C22H25N3O/c1-3-5-10-16(4-2)22(26)25-21-18-12-7-6-11-17(18)15-20(24-21)19-13-8-9-14-23-19/h6-9,11-16H,3-5,10H2,1-2H3,(H,24,25,26). The number of aromatic nitrogens is 2. The number of rotatable bonds is 7. The summed E-state index contributed by atoms with van der Waals surface area (Å²) in [5, 5.41) is 5.07. The number of benzene rings is 1. The maximum atomic E-state index is 12.8. The van der Waals surface area contributed by atoms with Crippen molar-refractivity contribution in [3.05, 3.63) is 54.7 Å². The normalized spacial score (nSPS) is 12.1. The Hall–Kier alpha value is -2.75. The second-order valence-corrected chi connectivity index (χ2v) is 6.53. The molecule has 4 nitrogen and oxygen atoms in total. The third-order valence-electron chi connectivity index (χ3n) is 4.68. The van der Waals surface area contributed by atoms with Crippen molar-refractivity contribution in [2.24, 2.45) is 5.92 Å². The third kappa shape index (κ3) is 4.07.